The summed E-state index contributed by atoms with van der Waals surface area (Å²) in [7, 11) is 6.85. The van der Waals surface area contributed by atoms with Crippen LogP contribution >= 0.6 is 0 Å². The number of nitrogen functional groups attached to an aromatic ring is 1. The average Bonchev–Trinajstić information content (AvgIpc) is 3.21. The molecule has 11 nitrogen and oxygen atoms in total. The molecular weight excluding hydrogens is 484 g/mol. The lowest BCUT2D eigenvalue weighted by Gasteiger charge is -2.23. The maximum Gasteiger partial charge on any atom is 0.406 e. The summed E-state index contributed by atoms with van der Waals surface area (Å²) in [6, 6.07) is 11.5. The molecule has 0 atom stereocenters. The Balaban J connectivity index is 1.61. The van der Waals surface area contributed by atoms with Crippen LogP contribution in [0.1, 0.15) is 11.1 Å². The molecular formula is C27H30N8O3. The van der Waals surface area contributed by atoms with Crippen LogP contribution in [0.15, 0.2) is 42.7 Å². The van der Waals surface area contributed by atoms with E-state index in [9.17, 15) is 10.1 Å². The Morgan fingerprint density at radius 3 is 2.79 bits per heavy atom. The molecule has 38 heavy (non-hydrogen) atoms. The van der Waals surface area contributed by atoms with E-state index in [1.54, 1.807) is 31.5 Å². The number of aryl methyl sites for hydroxylation is 2. The van der Waals surface area contributed by atoms with Gasteiger partial charge in [-0.25, -0.2) is 14.8 Å². The summed E-state index contributed by atoms with van der Waals surface area (Å²) >= 11 is 0. The minimum Gasteiger partial charge on any atom is -0.494 e. The SMILES string of the molecule is CNC(=O)OCCN(C)c1cc(OC)c(Nc2nccc(-c3cc(C#N)c4c(c3)c(C)cn4C)n2)cc1N. The molecule has 2 aromatic heterocycles. The molecule has 0 fully saturated rings. The van der Waals surface area contributed by atoms with E-state index in [0.29, 0.717) is 40.9 Å². The number of nitrogens with one attached hydrogen (secondary N) is 2. The first-order valence-electron chi connectivity index (χ1n) is 11.9. The van der Waals surface area contributed by atoms with Gasteiger partial charge in [0, 0.05) is 50.6 Å². The molecule has 0 aliphatic heterocycles. The van der Waals surface area contributed by atoms with Crippen LogP contribution in [0, 0.1) is 18.3 Å². The Morgan fingerprint density at radius 1 is 1.29 bits per heavy atom. The summed E-state index contributed by atoms with van der Waals surface area (Å²) in [5, 5.41) is 16.4. The minimum absolute atomic E-state index is 0.195. The number of ether oxygens (including phenoxy) is 2. The van der Waals surface area contributed by atoms with Gasteiger partial charge in [-0.05, 0) is 36.8 Å². The molecule has 0 aliphatic rings. The first kappa shape index (κ1) is 26.1. The predicted octanol–water partition coefficient (Wildman–Crippen LogP) is 3.94. The van der Waals surface area contributed by atoms with Crippen LogP contribution in [0.2, 0.25) is 0 Å². The van der Waals surface area contributed by atoms with Crippen molar-refractivity contribution < 1.29 is 14.3 Å². The van der Waals surface area contributed by atoms with E-state index in [1.807, 2.05) is 48.8 Å². The first-order chi connectivity index (χ1) is 18.2. The van der Waals surface area contributed by atoms with Crippen molar-refractivity contribution in [1.82, 2.24) is 19.9 Å². The highest BCUT2D eigenvalue weighted by atomic mass is 16.5. The maximum absolute atomic E-state index is 11.3. The van der Waals surface area contributed by atoms with Gasteiger partial charge in [-0.2, -0.15) is 5.26 Å². The van der Waals surface area contributed by atoms with Crippen LogP contribution in [0.3, 0.4) is 0 Å². The Morgan fingerprint density at radius 2 is 2.08 bits per heavy atom. The second-order valence-electron chi connectivity index (χ2n) is 8.76. The van der Waals surface area contributed by atoms with Gasteiger partial charge in [0.15, 0.2) is 0 Å². The van der Waals surface area contributed by atoms with Crippen molar-refractivity contribution in [3.8, 4) is 23.1 Å². The third kappa shape index (κ3) is 5.24. The molecule has 0 bridgehead atoms. The van der Waals surface area contributed by atoms with Crippen LogP contribution < -0.4 is 26.0 Å². The zero-order valence-electron chi connectivity index (χ0n) is 22.0. The lowest BCUT2D eigenvalue weighted by atomic mass is 10.0. The molecule has 0 aliphatic carbocycles. The Bertz CT molecular complexity index is 1540. The van der Waals surface area contributed by atoms with Gasteiger partial charge in [0.05, 0.1) is 47.5 Å². The summed E-state index contributed by atoms with van der Waals surface area (Å²) in [4.78, 5) is 22.2. The van der Waals surface area contributed by atoms with E-state index in [2.05, 4.69) is 26.7 Å². The number of aromatic nitrogens is 3. The summed E-state index contributed by atoms with van der Waals surface area (Å²) in [5.74, 6) is 0.888. The smallest absolute Gasteiger partial charge is 0.406 e. The van der Waals surface area contributed by atoms with Crippen LogP contribution in [0.4, 0.5) is 27.8 Å². The molecule has 11 heteroatoms. The number of rotatable bonds is 8. The number of nitrogens with two attached hydrogens (primary N) is 1. The number of likely N-dealkylation sites (N-methyl/N-ethyl adjacent to an activating group) is 1. The first-order valence-corrected chi connectivity index (χ1v) is 11.9. The van der Waals surface area contributed by atoms with E-state index in [-0.39, 0.29) is 6.61 Å². The number of carbonyl (C=O) groups excluding carboxylic acids is 1. The average molecular weight is 515 g/mol. The number of carbonyl (C=O) groups is 1. The van der Waals surface area contributed by atoms with Gasteiger partial charge in [-0.3, -0.25) is 0 Å². The Hall–Kier alpha value is -4.98. The summed E-state index contributed by atoms with van der Waals surface area (Å²) in [6.45, 7) is 2.65. The van der Waals surface area contributed by atoms with Crippen LogP contribution in [0.5, 0.6) is 5.75 Å². The zero-order valence-corrected chi connectivity index (χ0v) is 22.0. The fourth-order valence-electron chi connectivity index (χ4n) is 4.32. The second-order valence-corrected chi connectivity index (χ2v) is 8.76. The van der Waals surface area contributed by atoms with Gasteiger partial charge >= 0.3 is 6.09 Å². The predicted molar refractivity (Wildman–Crippen MR) is 148 cm³/mol. The van der Waals surface area contributed by atoms with Crippen molar-refractivity contribution in [3.63, 3.8) is 0 Å². The van der Waals surface area contributed by atoms with Crippen molar-refractivity contribution in [2.75, 3.05) is 50.3 Å². The van der Waals surface area contributed by atoms with Gasteiger partial charge in [0.2, 0.25) is 5.95 Å². The number of nitriles is 1. The molecule has 0 unspecified atom stereocenters. The molecule has 4 aromatic rings. The van der Waals surface area contributed by atoms with Crippen LogP contribution in [-0.4, -0.2) is 55.0 Å². The third-order valence-corrected chi connectivity index (χ3v) is 6.22. The number of hydrogen-bond acceptors (Lipinski definition) is 9. The molecule has 2 heterocycles. The molecule has 4 N–H and O–H groups in total. The Labute approximate surface area is 220 Å². The molecule has 196 valence electrons. The quantitative estimate of drug-likeness (QED) is 0.298. The number of hydrogen-bond donors (Lipinski definition) is 3. The zero-order chi connectivity index (χ0) is 27.4. The van der Waals surface area contributed by atoms with Gasteiger partial charge < -0.3 is 35.3 Å². The third-order valence-electron chi connectivity index (χ3n) is 6.22. The molecule has 0 radical (unpaired) electrons. The molecule has 0 spiro atoms. The fraction of sp³-hybridized carbons (Fsp3) is 0.259. The topological polar surface area (TPSA) is 143 Å². The van der Waals surface area contributed by atoms with Crippen LogP contribution in [0.25, 0.3) is 22.2 Å². The normalized spacial score (nSPS) is 10.6. The molecule has 0 saturated heterocycles. The molecule has 4 rings (SSSR count). The van der Waals surface area contributed by atoms with Gasteiger partial charge in [-0.15, -0.1) is 0 Å². The largest absolute Gasteiger partial charge is 0.494 e. The number of benzene rings is 2. The number of fused-ring (bicyclic) bond motifs is 1. The fourth-order valence-corrected chi connectivity index (χ4v) is 4.32. The highest BCUT2D eigenvalue weighted by Crippen LogP contribution is 2.36. The number of nitrogens with zero attached hydrogens (tertiary/aromatic N) is 5. The van der Waals surface area contributed by atoms with Gasteiger partial charge in [-0.1, -0.05) is 0 Å². The van der Waals surface area contributed by atoms with E-state index in [4.69, 9.17) is 15.2 Å². The lowest BCUT2D eigenvalue weighted by molar-refractivity contribution is 0.151. The van der Waals surface area contributed by atoms with Crippen LogP contribution in [-0.2, 0) is 11.8 Å². The maximum atomic E-state index is 11.3. The Kier molecular flexibility index (Phi) is 7.53. The summed E-state index contributed by atoms with van der Waals surface area (Å²) in [5.41, 5.74) is 12.2. The lowest BCUT2D eigenvalue weighted by Crippen LogP contribution is -2.27. The molecule has 1 amide bonds. The van der Waals surface area contributed by atoms with E-state index in [1.165, 1.54) is 7.05 Å². The monoisotopic (exact) mass is 514 g/mol. The van der Waals surface area contributed by atoms with Crippen molar-refractivity contribution in [3.05, 3.63) is 53.9 Å². The second kappa shape index (κ2) is 11.0. The number of amides is 1. The van der Waals surface area contributed by atoms with E-state index >= 15 is 0 Å². The minimum atomic E-state index is -0.492. The highest BCUT2D eigenvalue weighted by molar-refractivity contribution is 5.92. The highest BCUT2D eigenvalue weighted by Gasteiger charge is 2.16. The van der Waals surface area contributed by atoms with Gasteiger partial charge in [0.25, 0.3) is 0 Å². The van der Waals surface area contributed by atoms with Crippen molar-refractivity contribution in [1.29, 1.82) is 5.26 Å². The number of anilines is 4. The van der Waals surface area contributed by atoms with Crippen molar-refractivity contribution >= 4 is 40.0 Å². The van der Waals surface area contributed by atoms with E-state index < -0.39 is 6.09 Å². The molecule has 2 aromatic carbocycles. The standard InChI is InChI=1S/C27H30N8O3/c1-16-15-35(4)25-18(14-28)10-17(11-19(16)25)21-6-7-31-26(32-21)33-22-12-20(29)23(13-24(22)37-5)34(3)8-9-38-27(36)30-2/h6-7,10-13,15H,8-9,29H2,1-5H3,(H,30,36)(H,31,32,33). The van der Waals surface area contributed by atoms with Crippen molar-refractivity contribution in [2.24, 2.45) is 7.05 Å². The van der Waals surface area contributed by atoms with Gasteiger partial charge in [0.1, 0.15) is 18.4 Å². The molecule has 0 saturated carbocycles. The van der Waals surface area contributed by atoms with Crippen molar-refractivity contribution in [2.45, 2.75) is 6.92 Å². The number of alkyl carbamates (subject to hydrolysis) is 1. The summed E-state index contributed by atoms with van der Waals surface area (Å²) < 4.78 is 12.6. The summed E-state index contributed by atoms with van der Waals surface area (Å²) in [6.07, 6.45) is 3.17. The van der Waals surface area contributed by atoms with E-state index in [0.717, 1.165) is 27.7 Å². The number of methoxy groups -OCH3 is 1.